The fourth-order valence-electron chi connectivity index (χ4n) is 2.29. The van der Waals surface area contributed by atoms with E-state index in [1.165, 1.54) is 0 Å². The summed E-state index contributed by atoms with van der Waals surface area (Å²) in [6, 6.07) is 5.43. The number of carbonyl (C=O) groups excluding carboxylic acids is 1. The molecule has 3 nitrogen and oxygen atoms in total. The van der Waals surface area contributed by atoms with Crippen molar-refractivity contribution in [2.24, 2.45) is 5.92 Å². The molecule has 1 aliphatic heterocycles. The van der Waals surface area contributed by atoms with Gasteiger partial charge in [-0.05, 0) is 62.5 Å². The van der Waals surface area contributed by atoms with Gasteiger partial charge in [0, 0.05) is 17.1 Å². The summed E-state index contributed by atoms with van der Waals surface area (Å²) in [4.78, 5) is 12.0. The normalized spacial score (nSPS) is 16.6. The van der Waals surface area contributed by atoms with Crippen molar-refractivity contribution in [1.29, 1.82) is 0 Å². The molecule has 0 spiro atoms. The first-order valence-electron chi connectivity index (χ1n) is 6.41. The maximum absolute atomic E-state index is 12.0. The SMILES string of the molecule is Cc1cc(Cl)cc(C(=O)NCC2CCNCC2)c1. The fraction of sp³-hybridized carbons (Fsp3) is 0.500. The van der Waals surface area contributed by atoms with Gasteiger partial charge in [0.15, 0.2) is 0 Å². The summed E-state index contributed by atoms with van der Waals surface area (Å²) in [5, 5.41) is 6.93. The zero-order chi connectivity index (χ0) is 13.0. The lowest BCUT2D eigenvalue weighted by Crippen LogP contribution is -2.35. The van der Waals surface area contributed by atoms with Crippen LogP contribution in [0.25, 0.3) is 0 Å². The Balaban J connectivity index is 1.90. The molecule has 0 radical (unpaired) electrons. The molecule has 1 aromatic rings. The van der Waals surface area contributed by atoms with Gasteiger partial charge in [0.05, 0.1) is 0 Å². The number of nitrogens with one attached hydrogen (secondary N) is 2. The quantitative estimate of drug-likeness (QED) is 0.882. The molecule has 0 aromatic heterocycles. The van der Waals surface area contributed by atoms with Gasteiger partial charge < -0.3 is 10.6 Å². The molecule has 4 heteroatoms. The molecule has 1 fully saturated rings. The van der Waals surface area contributed by atoms with Crippen LogP contribution in [0.1, 0.15) is 28.8 Å². The number of piperidine rings is 1. The molecule has 0 aliphatic carbocycles. The van der Waals surface area contributed by atoms with Crippen molar-refractivity contribution in [1.82, 2.24) is 10.6 Å². The highest BCUT2D eigenvalue weighted by atomic mass is 35.5. The van der Waals surface area contributed by atoms with E-state index in [9.17, 15) is 4.79 Å². The first-order valence-corrected chi connectivity index (χ1v) is 6.79. The van der Waals surface area contributed by atoms with Crippen LogP contribution in [-0.4, -0.2) is 25.5 Å². The van der Waals surface area contributed by atoms with E-state index in [0.29, 0.717) is 16.5 Å². The minimum absolute atomic E-state index is 0.0286. The van der Waals surface area contributed by atoms with Crippen molar-refractivity contribution in [3.8, 4) is 0 Å². The lowest BCUT2D eigenvalue weighted by atomic mass is 9.98. The zero-order valence-corrected chi connectivity index (χ0v) is 11.4. The number of carbonyl (C=O) groups is 1. The summed E-state index contributed by atoms with van der Waals surface area (Å²) < 4.78 is 0. The number of hydrogen-bond acceptors (Lipinski definition) is 2. The van der Waals surface area contributed by atoms with E-state index < -0.39 is 0 Å². The van der Waals surface area contributed by atoms with Crippen molar-refractivity contribution >= 4 is 17.5 Å². The molecular weight excluding hydrogens is 248 g/mol. The van der Waals surface area contributed by atoms with Crippen LogP contribution < -0.4 is 10.6 Å². The Kier molecular flexibility index (Phi) is 4.61. The second-order valence-electron chi connectivity index (χ2n) is 4.92. The van der Waals surface area contributed by atoms with E-state index in [2.05, 4.69) is 10.6 Å². The fourth-order valence-corrected chi connectivity index (χ4v) is 2.58. The van der Waals surface area contributed by atoms with E-state index in [4.69, 9.17) is 11.6 Å². The van der Waals surface area contributed by atoms with Crippen molar-refractivity contribution in [2.45, 2.75) is 19.8 Å². The number of rotatable bonds is 3. The predicted molar refractivity (Wildman–Crippen MR) is 74.1 cm³/mol. The minimum Gasteiger partial charge on any atom is -0.352 e. The predicted octanol–water partition coefficient (Wildman–Crippen LogP) is 2.38. The second-order valence-corrected chi connectivity index (χ2v) is 5.36. The molecule has 1 aromatic carbocycles. The van der Waals surface area contributed by atoms with Gasteiger partial charge in [0.1, 0.15) is 0 Å². The third-order valence-electron chi connectivity index (χ3n) is 3.31. The highest BCUT2D eigenvalue weighted by Gasteiger charge is 2.14. The summed E-state index contributed by atoms with van der Waals surface area (Å²) in [6.45, 7) is 4.80. The Bertz CT molecular complexity index is 408. The lowest BCUT2D eigenvalue weighted by Gasteiger charge is -2.22. The number of halogens is 1. The van der Waals surface area contributed by atoms with E-state index in [-0.39, 0.29) is 5.91 Å². The van der Waals surface area contributed by atoms with Crippen molar-refractivity contribution in [3.05, 3.63) is 34.3 Å². The summed E-state index contributed by atoms with van der Waals surface area (Å²) in [5.41, 5.74) is 1.66. The Hall–Kier alpha value is -1.06. The molecule has 98 valence electrons. The van der Waals surface area contributed by atoms with E-state index in [1.54, 1.807) is 6.07 Å². The monoisotopic (exact) mass is 266 g/mol. The van der Waals surface area contributed by atoms with Gasteiger partial charge in [-0.2, -0.15) is 0 Å². The van der Waals surface area contributed by atoms with Crippen LogP contribution in [0.3, 0.4) is 0 Å². The van der Waals surface area contributed by atoms with Crippen LogP contribution >= 0.6 is 11.6 Å². The number of amides is 1. The van der Waals surface area contributed by atoms with Crippen LogP contribution in [0.5, 0.6) is 0 Å². The van der Waals surface area contributed by atoms with Crippen LogP contribution in [0.4, 0.5) is 0 Å². The van der Waals surface area contributed by atoms with Gasteiger partial charge in [-0.3, -0.25) is 4.79 Å². The molecule has 2 rings (SSSR count). The van der Waals surface area contributed by atoms with Crippen LogP contribution in [-0.2, 0) is 0 Å². The van der Waals surface area contributed by atoms with Gasteiger partial charge in [-0.15, -0.1) is 0 Å². The molecule has 0 atom stereocenters. The van der Waals surface area contributed by atoms with Crippen molar-refractivity contribution in [2.75, 3.05) is 19.6 Å². The largest absolute Gasteiger partial charge is 0.352 e. The standard InChI is InChI=1S/C14H19ClN2O/c1-10-6-12(8-13(15)7-10)14(18)17-9-11-2-4-16-5-3-11/h6-8,11,16H,2-5,9H2,1H3,(H,17,18). The topological polar surface area (TPSA) is 41.1 Å². The van der Waals surface area contributed by atoms with Gasteiger partial charge >= 0.3 is 0 Å². The highest BCUT2D eigenvalue weighted by molar-refractivity contribution is 6.31. The van der Waals surface area contributed by atoms with Gasteiger partial charge in [0.2, 0.25) is 0 Å². The van der Waals surface area contributed by atoms with Crippen LogP contribution in [0.2, 0.25) is 5.02 Å². The molecule has 1 heterocycles. The molecular formula is C14H19ClN2O. The first-order chi connectivity index (χ1) is 8.65. The van der Waals surface area contributed by atoms with E-state index in [1.807, 2.05) is 19.1 Å². The maximum atomic E-state index is 12.0. The van der Waals surface area contributed by atoms with E-state index in [0.717, 1.165) is 38.0 Å². The molecule has 0 bridgehead atoms. The van der Waals surface area contributed by atoms with Crippen molar-refractivity contribution in [3.63, 3.8) is 0 Å². The average molecular weight is 267 g/mol. The molecule has 0 unspecified atom stereocenters. The van der Waals surface area contributed by atoms with Gasteiger partial charge in [-0.25, -0.2) is 0 Å². The third-order valence-corrected chi connectivity index (χ3v) is 3.53. The summed E-state index contributed by atoms with van der Waals surface area (Å²) in [6.07, 6.45) is 2.27. The minimum atomic E-state index is -0.0286. The lowest BCUT2D eigenvalue weighted by molar-refractivity contribution is 0.0944. The van der Waals surface area contributed by atoms with Crippen LogP contribution in [0.15, 0.2) is 18.2 Å². The summed E-state index contributed by atoms with van der Waals surface area (Å²) >= 11 is 5.95. The highest BCUT2D eigenvalue weighted by Crippen LogP contribution is 2.15. The third kappa shape index (κ3) is 3.72. The molecule has 2 N–H and O–H groups in total. The molecule has 0 saturated carbocycles. The molecule has 1 aliphatic rings. The second kappa shape index (κ2) is 6.21. The molecule has 1 saturated heterocycles. The smallest absolute Gasteiger partial charge is 0.251 e. The summed E-state index contributed by atoms with van der Waals surface area (Å²) in [5.74, 6) is 0.564. The van der Waals surface area contributed by atoms with Crippen LogP contribution in [0, 0.1) is 12.8 Å². The maximum Gasteiger partial charge on any atom is 0.251 e. The Morgan fingerprint density at radius 3 is 2.78 bits per heavy atom. The molecule has 18 heavy (non-hydrogen) atoms. The van der Waals surface area contributed by atoms with Gasteiger partial charge in [-0.1, -0.05) is 11.6 Å². The number of aryl methyl sites for hydroxylation is 1. The van der Waals surface area contributed by atoms with Gasteiger partial charge in [0.25, 0.3) is 5.91 Å². The first kappa shape index (κ1) is 13.4. The summed E-state index contributed by atoms with van der Waals surface area (Å²) in [7, 11) is 0. The average Bonchev–Trinajstić information content (AvgIpc) is 2.36. The number of benzene rings is 1. The molecule has 1 amide bonds. The Morgan fingerprint density at radius 1 is 1.39 bits per heavy atom. The number of hydrogen-bond donors (Lipinski definition) is 2. The van der Waals surface area contributed by atoms with E-state index >= 15 is 0 Å². The van der Waals surface area contributed by atoms with Crippen molar-refractivity contribution < 1.29 is 4.79 Å². The zero-order valence-electron chi connectivity index (χ0n) is 10.6. The Morgan fingerprint density at radius 2 is 2.11 bits per heavy atom. The Labute approximate surface area is 113 Å².